The lowest BCUT2D eigenvalue weighted by Gasteiger charge is -2.41. The molecule has 5 rings (SSSR count). The topological polar surface area (TPSA) is 96.4 Å². The number of aryl methyl sites for hydroxylation is 3. The van der Waals surface area contributed by atoms with Crippen molar-refractivity contribution in [1.29, 1.82) is 0 Å². The molecular formula is C29H40N8O. The average molecular weight is 517 g/mol. The number of carbonyl (C=O) groups excluding carboxylic acids is 1. The lowest BCUT2D eigenvalue weighted by molar-refractivity contribution is -0.119. The molecule has 9 heteroatoms. The van der Waals surface area contributed by atoms with Gasteiger partial charge in [0, 0.05) is 69.4 Å². The van der Waals surface area contributed by atoms with Gasteiger partial charge >= 0.3 is 0 Å². The maximum atomic E-state index is 11.6. The molecule has 0 spiro atoms. The minimum absolute atomic E-state index is 0.191. The van der Waals surface area contributed by atoms with Crippen LogP contribution in [0.3, 0.4) is 0 Å². The van der Waals surface area contributed by atoms with E-state index in [9.17, 15) is 4.79 Å². The fourth-order valence-corrected chi connectivity index (χ4v) is 5.81. The van der Waals surface area contributed by atoms with Crippen LogP contribution in [-0.2, 0) is 24.8 Å². The van der Waals surface area contributed by atoms with E-state index < -0.39 is 0 Å². The van der Waals surface area contributed by atoms with Gasteiger partial charge in [-0.05, 0) is 37.8 Å². The van der Waals surface area contributed by atoms with E-state index >= 15 is 0 Å². The number of rotatable bonds is 6. The van der Waals surface area contributed by atoms with Gasteiger partial charge in [-0.2, -0.15) is 5.10 Å². The summed E-state index contributed by atoms with van der Waals surface area (Å²) in [4.78, 5) is 29.0. The van der Waals surface area contributed by atoms with Crippen LogP contribution in [0, 0.1) is 13.8 Å². The van der Waals surface area contributed by atoms with E-state index in [1.54, 1.807) is 0 Å². The highest BCUT2D eigenvalue weighted by molar-refractivity contribution is 5.76. The zero-order chi connectivity index (χ0) is 27.1. The standard InChI is InChI=1S/C29H40N8O/c1-18(2)24-14-26(34(6)33-24)36-11-10-23-22(16-36)29(37-13-12-35(17-25(30)38)21(5)15-37)32-28(31-23)27-19(3)8-7-9-20(27)4/h7-9,14,18,21H,10-13,15-17H2,1-6H3,(H2,30,38)/t21-/m1/s1. The first-order chi connectivity index (χ1) is 18.1. The number of hydrogen-bond donors (Lipinski definition) is 1. The van der Waals surface area contributed by atoms with Gasteiger partial charge in [0.25, 0.3) is 0 Å². The number of carbonyl (C=O) groups is 1. The average Bonchev–Trinajstić information content (AvgIpc) is 3.26. The number of primary amides is 1. The summed E-state index contributed by atoms with van der Waals surface area (Å²) in [6.45, 7) is 15.0. The molecule has 0 aliphatic carbocycles. The van der Waals surface area contributed by atoms with E-state index in [0.717, 1.165) is 73.6 Å². The molecule has 2 aromatic heterocycles. The third kappa shape index (κ3) is 4.99. The van der Waals surface area contributed by atoms with Gasteiger partial charge < -0.3 is 15.5 Å². The Morgan fingerprint density at radius 2 is 1.84 bits per heavy atom. The van der Waals surface area contributed by atoms with Crippen molar-refractivity contribution < 1.29 is 4.79 Å². The van der Waals surface area contributed by atoms with E-state index in [-0.39, 0.29) is 18.5 Å². The first-order valence-corrected chi connectivity index (χ1v) is 13.6. The summed E-state index contributed by atoms with van der Waals surface area (Å²) in [6.07, 6.45) is 0.849. The normalized spacial score (nSPS) is 18.2. The van der Waals surface area contributed by atoms with Crippen LogP contribution in [0.1, 0.15) is 54.8 Å². The van der Waals surface area contributed by atoms with Crippen molar-refractivity contribution in [3.05, 3.63) is 52.3 Å². The molecule has 2 aliphatic rings. The minimum atomic E-state index is -0.283. The number of aromatic nitrogens is 4. The number of benzene rings is 1. The molecule has 202 valence electrons. The van der Waals surface area contributed by atoms with Crippen LogP contribution in [-0.4, -0.2) is 69.3 Å². The van der Waals surface area contributed by atoms with Crippen molar-refractivity contribution in [2.75, 3.05) is 42.5 Å². The van der Waals surface area contributed by atoms with Crippen molar-refractivity contribution in [2.24, 2.45) is 12.8 Å². The van der Waals surface area contributed by atoms with Crippen molar-refractivity contribution in [2.45, 2.75) is 59.5 Å². The van der Waals surface area contributed by atoms with Crippen LogP contribution >= 0.6 is 0 Å². The summed E-state index contributed by atoms with van der Waals surface area (Å²) in [5.41, 5.74) is 12.4. The van der Waals surface area contributed by atoms with Crippen LogP contribution in [0.4, 0.5) is 11.6 Å². The zero-order valence-electron chi connectivity index (χ0n) is 23.5. The summed E-state index contributed by atoms with van der Waals surface area (Å²) >= 11 is 0. The molecule has 1 aromatic carbocycles. The summed E-state index contributed by atoms with van der Waals surface area (Å²) in [7, 11) is 2.03. The molecule has 0 unspecified atom stereocenters. The molecule has 4 heterocycles. The predicted octanol–water partition coefficient (Wildman–Crippen LogP) is 3.18. The minimum Gasteiger partial charge on any atom is -0.369 e. The van der Waals surface area contributed by atoms with E-state index in [0.29, 0.717) is 5.92 Å². The van der Waals surface area contributed by atoms with Crippen LogP contribution in [0.15, 0.2) is 24.3 Å². The van der Waals surface area contributed by atoms with Gasteiger partial charge in [0.05, 0.1) is 17.9 Å². The molecule has 1 atom stereocenters. The smallest absolute Gasteiger partial charge is 0.231 e. The van der Waals surface area contributed by atoms with Gasteiger partial charge in [0.1, 0.15) is 11.6 Å². The maximum absolute atomic E-state index is 11.6. The fourth-order valence-electron chi connectivity index (χ4n) is 5.81. The number of piperazine rings is 1. The number of nitrogens with two attached hydrogens (primary N) is 1. The molecule has 1 amide bonds. The summed E-state index contributed by atoms with van der Waals surface area (Å²) in [6, 6.07) is 8.75. The molecule has 0 saturated carbocycles. The largest absolute Gasteiger partial charge is 0.369 e. The van der Waals surface area contributed by atoms with Crippen LogP contribution in [0.2, 0.25) is 0 Å². The van der Waals surface area contributed by atoms with E-state index in [2.05, 4.69) is 73.6 Å². The van der Waals surface area contributed by atoms with E-state index in [4.69, 9.17) is 20.8 Å². The molecule has 1 saturated heterocycles. The quantitative estimate of drug-likeness (QED) is 0.538. The van der Waals surface area contributed by atoms with Gasteiger partial charge in [-0.15, -0.1) is 0 Å². The van der Waals surface area contributed by atoms with Gasteiger partial charge in [0.15, 0.2) is 5.82 Å². The van der Waals surface area contributed by atoms with E-state index in [1.807, 2.05) is 11.7 Å². The van der Waals surface area contributed by atoms with Crippen molar-refractivity contribution in [3.8, 4) is 11.4 Å². The second-order valence-corrected chi connectivity index (χ2v) is 11.2. The molecule has 2 aliphatic heterocycles. The first-order valence-electron chi connectivity index (χ1n) is 13.6. The number of hydrogen-bond acceptors (Lipinski definition) is 7. The third-order valence-corrected chi connectivity index (χ3v) is 7.96. The van der Waals surface area contributed by atoms with Crippen LogP contribution in [0.25, 0.3) is 11.4 Å². The predicted molar refractivity (Wildman–Crippen MR) is 151 cm³/mol. The van der Waals surface area contributed by atoms with Gasteiger partial charge in [-0.3, -0.25) is 14.4 Å². The highest BCUT2D eigenvalue weighted by atomic mass is 16.1. The van der Waals surface area contributed by atoms with Crippen molar-refractivity contribution in [1.82, 2.24) is 24.6 Å². The molecule has 0 radical (unpaired) electrons. The number of anilines is 2. The summed E-state index contributed by atoms with van der Waals surface area (Å²) < 4.78 is 2.00. The number of nitrogens with zero attached hydrogens (tertiary/aromatic N) is 7. The maximum Gasteiger partial charge on any atom is 0.231 e. The second-order valence-electron chi connectivity index (χ2n) is 11.2. The highest BCUT2D eigenvalue weighted by Crippen LogP contribution is 2.35. The molecular weight excluding hydrogens is 476 g/mol. The zero-order valence-corrected chi connectivity index (χ0v) is 23.5. The molecule has 1 fully saturated rings. The van der Waals surface area contributed by atoms with Gasteiger partial charge in [-0.1, -0.05) is 32.0 Å². The summed E-state index contributed by atoms with van der Waals surface area (Å²) in [5, 5.41) is 4.76. The lowest BCUT2D eigenvalue weighted by Crippen LogP contribution is -2.54. The van der Waals surface area contributed by atoms with E-state index in [1.165, 1.54) is 16.7 Å². The monoisotopic (exact) mass is 516 g/mol. The number of fused-ring (bicyclic) bond motifs is 1. The Kier molecular flexibility index (Phi) is 7.13. The molecule has 0 bridgehead atoms. The van der Waals surface area contributed by atoms with Gasteiger partial charge in [0.2, 0.25) is 5.91 Å². The van der Waals surface area contributed by atoms with Crippen molar-refractivity contribution >= 4 is 17.5 Å². The Hall–Kier alpha value is -3.46. The summed E-state index contributed by atoms with van der Waals surface area (Å²) in [5.74, 6) is 3.04. The van der Waals surface area contributed by atoms with Gasteiger partial charge in [-0.25, -0.2) is 9.97 Å². The van der Waals surface area contributed by atoms with Crippen LogP contribution in [0.5, 0.6) is 0 Å². The molecule has 2 N–H and O–H groups in total. The SMILES string of the molecule is Cc1cccc(C)c1-c1nc2c(c(N3CCN(CC(N)=O)[C@H](C)C3)n1)CN(c1cc(C(C)C)nn1C)CC2. The molecule has 3 aromatic rings. The number of amides is 1. The Balaban J connectivity index is 1.55. The van der Waals surface area contributed by atoms with Crippen LogP contribution < -0.4 is 15.5 Å². The molecule has 9 nitrogen and oxygen atoms in total. The lowest BCUT2D eigenvalue weighted by atomic mass is 10.00. The highest BCUT2D eigenvalue weighted by Gasteiger charge is 2.31. The first kappa shape index (κ1) is 26.2. The Morgan fingerprint density at radius 3 is 2.47 bits per heavy atom. The van der Waals surface area contributed by atoms with Crippen molar-refractivity contribution in [3.63, 3.8) is 0 Å². The Bertz CT molecular complexity index is 1330. The Morgan fingerprint density at radius 1 is 1.11 bits per heavy atom. The second kappa shape index (κ2) is 10.4. The Labute approximate surface area is 225 Å². The third-order valence-electron chi connectivity index (χ3n) is 7.96. The fraction of sp³-hybridized carbons (Fsp3) is 0.517. The molecule has 38 heavy (non-hydrogen) atoms.